The van der Waals surface area contributed by atoms with Gasteiger partial charge in [-0.25, -0.2) is 4.79 Å². The Morgan fingerprint density at radius 1 is 1.47 bits per heavy atom. The highest BCUT2D eigenvalue weighted by Crippen LogP contribution is 2.11. The molecule has 0 aromatic rings. The molecule has 0 aliphatic carbocycles. The molecule has 7 nitrogen and oxygen atoms in total. The van der Waals surface area contributed by atoms with Gasteiger partial charge in [-0.3, -0.25) is 9.59 Å². The first-order chi connectivity index (χ1) is 7.99. The average Bonchev–Trinajstić information content (AvgIpc) is 2.68. The van der Waals surface area contributed by atoms with Crippen molar-refractivity contribution in [3.63, 3.8) is 0 Å². The van der Waals surface area contributed by atoms with E-state index >= 15 is 0 Å². The molecule has 0 aromatic carbocycles. The number of carboxylic acid groups (broad SMARTS) is 1. The van der Waals surface area contributed by atoms with Gasteiger partial charge in [0.1, 0.15) is 6.04 Å². The lowest BCUT2D eigenvalue weighted by Crippen LogP contribution is -2.43. The van der Waals surface area contributed by atoms with Crippen LogP contribution in [0, 0.1) is 5.92 Å². The van der Waals surface area contributed by atoms with Crippen LogP contribution < -0.4 is 16.4 Å². The van der Waals surface area contributed by atoms with E-state index in [1.807, 2.05) is 0 Å². The minimum absolute atomic E-state index is 0.234. The molecular formula is C10H17N3O4. The second-order valence-electron chi connectivity index (χ2n) is 4.19. The Labute approximate surface area is 98.7 Å². The number of hydrogen-bond donors (Lipinski definition) is 4. The summed E-state index contributed by atoms with van der Waals surface area (Å²) in [6, 6.07) is -1.23. The maximum Gasteiger partial charge on any atom is 0.326 e. The number of nitrogens with one attached hydrogen (secondary N) is 2. The maximum atomic E-state index is 11.5. The van der Waals surface area contributed by atoms with Gasteiger partial charge in [0.2, 0.25) is 11.8 Å². The molecule has 0 bridgehead atoms. The summed E-state index contributed by atoms with van der Waals surface area (Å²) < 4.78 is 0. The van der Waals surface area contributed by atoms with Crippen LogP contribution in [0.5, 0.6) is 0 Å². The molecule has 17 heavy (non-hydrogen) atoms. The quantitative estimate of drug-likeness (QED) is 0.449. The minimum atomic E-state index is -1.25. The van der Waals surface area contributed by atoms with Crippen LogP contribution in [-0.2, 0) is 14.4 Å². The van der Waals surface area contributed by atoms with E-state index < -0.39 is 17.9 Å². The van der Waals surface area contributed by atoms with Crippen molar-refractivity contribution >= 4 is 17.8 Å². The predicted molar refractivity (Wildman–Crippen MR) is 59.0 cm³/mol. The van der Waals surface area contributed by atoms with E-state index in [9.17, 15) is 14.4 Å². The molecule has 1 saturated heterocycles. The largest absolute Gasteiger partial charge is 0.480 e. The van der Waals surface area contributed by atoms with Crippen LogP contribution in [-0.4, -0.2) is 42.0 Å². The average molecular weight is 243 g/mol. The molecule has 7 heteroatoms. The number of aliphatic carboxylic acids is 1. The zero-order valence-corrected chi connectivity index (χ0v) is 9.44. The van der Waals surface area contributed by atoms with Crippen molar-refractivity contribution < 1.29 is 19.5 Å². The Kier molecular flexibility index (Phi) is 4.89. The molecule has 2 atom stereocenters. The fourth-order valence-corrected chi connectivity index (χ4v) is 1.81. The van der Waals surface area contributed by atoms with Gasteiger partial charge in [0.25, 0.3) is 0 Å². The van der Waals surface area contributed by atoms with Crippen LogP contribution in [0.4, 0.5) is 0 Å². The van der Waals surface area contributed by atoms with E-state index in [0.717, 1.165) is 19.5 Å². The highest BCUT2D eigenvalue weighted by atomic mass is 16.4. The lowest BCUT2D eigenvalue weighted by Gasteiger charge is -2.14. The number of carbonyl (C=O) groups excluding carboxylic acids is 2. The van der Waals surface area contributed by atoms with Crippen LogP contribution in [0.2, 0.25) is 0 Å². The van der Waals surface area contributed by atoms with Crippen molar-refractivity contribution in [1.82, 2.24) is 10.6 Å². The Balaban J connectivity index is 2.40. The first kappa shape index (κ1) is 13.4. The topological polar surface area (TPSA) is 122 Å². The van der Waals surface area contributed by atoms with E-state index in [4.69, 9.17) is 10.8 Å². The molecule has 1 fully saturated rings. The first-order valence-corrected chi connectivity index (χ1v) is 5.50. The number of hydrogen-bond acceptors (Lipinski definition) is 4. The molecule has 0 spiro atoms. The normalized spacial score (nSPS) is 20.8. The summed E-state index contributed by atoms with van der Waals surface area (Å²) in [4.78, 5) is 33.0. The Morgan fingerprint density at radius 2 is 2.18 bits per heavy atom. The van der Waals surface area contributed by atoms with Gasteiger partial charge in [0.05, 0.1) is 6.42 Å². The van der Waals surface area contributed by atoms with Crippen LogP contribution >= 0.6 is 0 Å². The maximum absolute atomic E-state index is 11.5. The number of nitrogens with two attached hydrogens (primary N) is 1. The molecule has 0 radical (unpaired) electrons. The Morgan fingerprint density at radius 3 is 2.65 bits per heavy atom. The van der Waals surface area contributed by atoms with Gasteiger partial charge >= 0.3 is 5.97 Å². The van der Waals surface area contributed by atoms with Gasteiger partial charge in [-0.15, -0.1) is 0 Å². The summed E-state index contributed by atoms with van der Waals surface area (Å²) in [6.45, 7) is 1.64. The summed E-state index contributed by atoms with van der Waals surface area (Å²) >= 11 is 0. The summed E-state index contributed by atoms with van der Waals surface area (Å²) in [5.41, 5.74) is 4.91. The van der Waals surface area contributed by atoms with Crippen LogP contribution in [0.1, 0.15) is 19.3 Å². The second kappa shape index (κ2) is 6.19. The molecule has 0 aromatic heterocycles. The van der Waals surface area contributed by atoms with Crippen molar-refractivity contribution in [1.29, 1.82) is 0 Å². The zero-order chi connectivity index (χ0) is 12.8. The third-order valence-electron chi connectivity index (χ3n) is 2.68. The summed E-state index contributed by atoms with van der Waals surface area (Å²) in [5.74, 6) is -2.12. The highest BCUT2D eigenvalue weighted by Gasteiger charge is 2.24. The monoisotopic (exact) mass is 243 g/mol. The zero-order valence-electron chi connectivity index (χ0n) is 9.44. The third-order valence-corrected chi connectivity index (χ3v) is 2.68. The fraction of sp³-hybridized carbons (Fsp3) is 0.700. The summed E-state index contributed by atoms with van der Waals surface area (Å²) in [5, 5.41) is 14.2. The number of primary amides is 1. The molecule has 1 heterocycles. The summed E-state index contributed by atoms with van der Waals surface area (Å²) in [7, 11) is 0. The Bertz CT molecular complexity index is 313. The minimum Gasteiger partial charge on any atom is -0.480 e. The van der Waals surface area contributed by atoms with Gasteiger partial charge in [0, 0.05) is 6.42 Å². The second-order valence-corrected chi connectivity index (χ2v) is 4.19. The van der Waals surface area contributed by atoms with Crippen LogP contribution in [0.15, 0.2) is 0 Å². The van der Waals surface area contributed by atoms with Crippen LogP contribution in [0.3, 0.4) is 0 Å². The molecular weight excluding hydrogens is 226 g/mol. The Hall–Kier alpha value is -1.63. The van der Waals surface area contributed by atoms with Crippen LogP contribution in [0.25, 0.3) is 0 Å². The molecule has 0 saturated carbocycles. The standard InChI is InChI=1S/C10H17N3O4/c11-8(14)4-7(10(16)17)13-9(15)3-6-1-2-12-5-6/h6-7,12H,1-5H2,(H2,11,14)(H,13,15)(H,16,17). The molecule has 1 rings (SSSR count). The molecule has 2 amide bonds. The van der Waals surface area contributed by atoms with Gasteiger partial charge in [-0.05, 0) is 25.4 Å². The SMILES string of the molecule is NC(=O)CC(NC(=O)CC1CCNC1)C(=O)O. The van der Waals surface area contributed by atoms with E-state index in [1.165, 1.54) is 0 Å². The first-order valence-electron chi connectivity index (χ1n) is 5.50. The number of carbonyl (C=O) groups is 3. The van der Waals surface area contributed by atoms with Gasteiger partial charge in [-0.2, -0.15) is 0 Å². The molecule has 5 N–H and O–H groups in total. The number of amides is 2. The van der Waals surface area contributed by atoms with E-state index in [-0.39, 0.29) is 24.7 Å². The lowest BCUT2D eigenvalue weighted by molar-refractivity contribution is -0.143. The highest BCUT2D eigenvalue weighted by molar-refractivity contribution is 5.88. The van der Waals surface area contributed by atoms with Crippen molar-refractivity contribution in [3.8, 4) is 0 Å². The fourth-order valence-electron chi connectivity index (χ4n) is 1.81. The van der Waals surface area contributed by atoms with Gasteiger partial charge < -0.3 is 21.5 Å². The molecule has 1 aliphatic heterocycles. The predicted octanol–water partition coefficient (Wildman–Crippen LogP) is -1.57. The van der Waals surface area contributed by atoms with E-state index in [1.54, 1.807) is 0 Å². The number of rotatable bonds is 6. The third kappa shape index (κ3) is 4.81. The van der Waals surface area contributed by atoms with Crippen molar-refractivity contribution in [2.24, 2.45) is 11.7 Å². The van der Waals surface area contributed by atoms with E-state index in [0.29, 0.717) is 0 Å². The smallest absolute Gasteiger partial charge is 0.326 e. The van der Waals surface area contributed by atoms with Gasteiger partial charge in [-0.1, -0.05) is 0 Å². The number of carboxylic acids is 1. The van der Waals surface area contributed by atoms with Crippen molar-refractivity contribution in [3.05, 3.63) is 0 Å². The van der Waals surface area contributed by atoms with Gasteiger partial charge in [0.15, 0.2) is 0 Å². The van der Waals surface area contributed by atoms with Crippen molar-refractivity contribution in [2.45, 2.75) is 25.3 Å². The molecule has 1 aliphatic rings. The van der Waals surface area contributed by atoms with E-state index in [2.05, 4.69) is 10.6 Å². The molecule has 96 valence electrons. The van der Waals surface area contributed by atoms with Crippen molar-refractivity contribution in [2.75, 3.05) is 13.1 Å². The summed E-state index contributed by atoms with van der Waals surface area (Å²) in [6.07, 6.45) is 0.792. The lowest BCUT2D eigenvalue weighted by atomic mass is 10.0. The molecule has 2 unspecified atom stereocenters.